The van der Waals surface area contributed by atoms with Gasteiger partial charge in [0.2, 0.25) is 0 Å². The number of nitrogens with zero attached hydrogens (tertiary/aromatic N) is 1. The van der Waals surface area contributed by atoms with Crippen LogP contribution in [0, 0.1) is 0 Å². The first-order valence-corrected chi connectivity index (χ1v) is 8.92. The van der Waals surface area contributed by atoms with E-state index in [2.05, 4.69) is 22.3 Å². The molecule has 4 nitrogen and oxygen atoms in total. The largest absolute Gasteiger partial charge is 0.380 e. The third kappa shape index (κ3) is 4.91. The van der Waals surface area contributed by atoms with Gasteiger partial charge in [-0.15, -0.1) is 0 Å². The van der Waals surface area contributed by atoms with Gasteiger partial charge in [0.05, 0.1) is 12.6 Å². The smallest absolute Gasteiger partial charge is 0.251 e. The van der Waals surface area contributed by atoms with Crippen LogP contribution in [-0.2, 0) is 11.3 Å². The van der Waals surface area contributed by atoms with E-state index >= 15 is 0 Å². The van der Waals surface area contributed by atoms with Crippen molar-refractivity contribution in [1.29, 1.82) is 0 Å². The van der Waals surface area contributed by atoms with Crippen molar-refractivity contribution in [2.75, 3.05) is 26.7 Å². The number of likely N-dealkylation sites (tertiary alicyclic amines) is 1. The number of hydrogen-bond acceptors (Lipinski definition) is 3. The number of hydrogen-bond donors (Lipinski definition) is 1. The van der Waals surface area contributed by atoms with E-state index in [1.165, 1.54) is 12.8 Å². The van der Waals surface area contributed by atoms with Gasteiger partial charge in [0, 0.05) is 19.2 Å². The first-order valence-electron chi connectivity index (χ1n) is 8.92. The summed E-state index contributed by atoms with van der Waals surface area (Å²) in [5, 5.41) is 3.22. The predicted molar refractivity (Wildman–Crippen MR) is 99.5 cm³/mol. The zero-order chi connectivity index (χ0) is 17.5. The second-order valence-electron chi connectivity index (χ2n) is 6.58. The van der Waals surface area contributed by atoms with Gasteiger partial charge in [0.25, 0.3) is 5.91 Å². The Morgan fingerprint density at radius 1 is 1.12 bits per heavy atom. The highest BCUT2D eigenvalue weighted by molar-refractivity contribution is 5.94. The van der Waals surface area contributed by atoms with Crippen LogP contribution >= 0.6 is 0 Å². The number of carbonyl (C=O) groups excluding carboxylic acids is 1. The molecular weight excluding hydrogens is 312 g/mol. The first kappa shape index (κ1) is 17.6. The van der Waals surface area contributed by atoms with Crippen molar-refractivity contribution >= 4 is 5.91 Å². The third-order valence-corrected chi connectivity index (χ3v) is 4.65. The Balaban J connectivity index is 1.74. The normalized spacial score (nSPS) is 15.9. The Kier molecular flexibility index (Phi) is 6.20. The van der Waals surface area contributed by atoms with Gasteiger partial charge in [-0.2, -0.15) is 0 Å². The summed E-state index contributed by atoms with van der Waals surface area (Å²) in [5.41, 5.74) is 2.83. The van der Waals surface area contributed by atoms with Gasteiger partial charge < -0.3 is 15.0 Å². The van der Waals surface area contributed by atoms with Crippen molar-refractivity contribution in [2.45, 2.75) is 25.5 Å². The SMILES string of the molecule is COCc1cccc(C(=O)NC(CN2CCCC2)c2ccccc2)c1. The van der Waals surface area contributed by atoms with Crippen LogP contribution in [0.25, 0.3) is 0 Å². The van der Waals surface area contributed by atoms with Crippen molar-refractivity contribution < 1.29 is 9.53 Å². The van der Waals surface area contributed by atoms with E-state index in [9.17, 15) is 4.79 Å². The summed E-state index contributed by atoms with van der Waals surface area (Å²) < 4.78 is 5.16. The standard InChI is InChI=1S/C21H26N2O2/c1-25-16-17-8-7-11-19(14-17)21(24)22-20(15-23-12-5-6-13-23)18-9-3-2-4-10-18/h2-4,7-11,14,20H,5-6,12-13,15-16H2,1H3,(H,22,24). The summed E-state index contributed by atoms with van der Waals surface area (Å²) in [6.45, 7) is 3.59. The molecule has 4 heteroatoms. The van der Waals surface area contributed by atoms with Gasteiger partial charge in [-0.25, -0.2) is 0 Å². The molecule has 0 bridgehead atoms. The number of amides is 1. The van der Waals surface area contributed by atoms with Gasteiger partial charge in [-0.1, -0.05) is 42.5 Å². The summed E-state index contributed by atoms with van der Waals surface area (Å²) >= 11 is 0. The molecule has 0 aliphatic carbocycles. The molecule has 1 heterocycles. The summed E-state index contributed by atoms with van der Waals surface area (Å²) in [6, 6.07) is 17.9. The lowest BCUT2D eigenvalue weighted by molar-refractivity contribution is 0.0927. The van der Waals surface area contributed by atoms with Crippen LogP contribution in [0.5, 0.6) is 0 Å². The number of rotatable bonds is 7. The lowest BCUT2D eigenvalue weighted by atomic mass is 10.0. The molecule has 1 unspecified atom stereocenters. The third-order valence-electron chi connectivity index (χ3n) is 4.65. The van der Waals surface area contributed by atoms with Crippen molar-refractivity contribution in [3.8, 4) is 0 Å². The molecular formula is C21H26N2O2. The highest BCUT2D eigenvalue weighted by Gasteiger charge is 2.21. The Hall–Kier alpha value is -2.17. The van der Waals surface area contributed by atoms with Crippen LogP contribution in [0.4, 0.5) is 0 Å². The van der Waals surface area contributed by atoms with E-state index < -0.39 is 0 Å². The molecule has 1 N–H and O–H groups in total. The lowest BCUT2D eigenvalue weighted by Crippen LogP contribution is -2.37. The lowest BCUT2D eigenvalue weighted by Gasteiger charge is -2.25. The molecule has 0 radical (unpaired) electrons. The quantitative estimate of drug-likeness (QED) is 0.841. The maximum absolute atomic E-state index is 12.8. The fraction of sp³-hybridized carbons (Fsp3) is 0.381. The molecule has 1 aliphatic heterocycles. The minimum absolute atomic E-state index is 0.00196. The Morgan fingerprint density at radius 3 is 2.60 bits per heavy atom. The monoisotopic (exact) mass is 338 g/mol. The van der Waals surface area contributed by atoms with Gasteiger partial charge >= 0.3 is 0 Å². The Bertz CT molecular complexity index is 681. The van der Waals surface area contributed by atoms with Gasteiger partial charge in [0.1, 0.15) is 0 Å². The van der Waals surface area contributed by atoms with E-state index in [1.807, 2.05) is 42.5 Å². The first-order chi connectivity index (χ1) is 12.3. The molecule has 0 saturated carbocycles. The second kappa shape index (κ2) is 8.79. The molecule has 132 valence electrons. The van der Waals surface area contributed by atoms with Crippen LogP contribution in [-0.4, -0.2) is 37.6 Å². The van der Waals surface area contributed by atoms with Crippen molar-refractivity contribution in [3.05, 3.63) is 71.3 Å². The van der Waals surface area contributed by atoms with E-state index in [0.29, 0.717) is 12.2 Å². The van der Waals surface area contributed by atoms with E-state index in [1.54, 1.807) is 7.11 Å². The molecule has 2 aromatic rings. The molecule has 3 rings (SSSR count). The molecule has 1 atom stereocenters. The fourth-order valence-corrected chi connectivity index (χ4v) is 3.35. The van der Waals surface area contributed by atoms with Gasteiger partial charge in [-0.05, 0) is 49.2 Å². The van der Waals surface area contributed by atoms with Gasteiger partial charge in [0.15, 0.2) is 0 Å². The summed E-state index contributed by atoms with van der Waals surface area (Å²) in [4.78, 5) is 15.2. The molecule has 1 saturated heterocycles. The van der Waals surface area contributed by atoms with E-state index in [0.717, 1.165) is 30.8 Å². The maximum Gasteiger partial charge on any atom is 0.251 e. The minimum atomic E-state index is -0.0361. The van der Waals surface area contributed by atoms with Crippen LogP contribution in [0.2, 0.25) is 0 Å². The average Bonchev–Trinajstić information content (AvgIpc) is 3.15. The second-order valence-corrected chi connectivity index (χ2v) is 6.58. The topological polar surface area (TPSA) is 41.6 Å². The van der Waals surface area contributed by atoms with E-state index in [4.69, 9.17) is 4.74 Å². The zero-order valence-corrected chi connectivity index (χ0v) is 14.8. The molecule has 1 amide bonds. The Morgan fingerprint density at radius 2 is 1.88 bits per heavy atom. The number of carbonyl (C=O) groups is 1. The fourth-order valence-electron chi connectivity index (χ4n) is 3.35. The van der Waals surface area contributed by atoms with Crippen molar-refractivity contribution in [2.24, 2.45) is 0 Å². The number of nitrogens with one attached hydrogen (secondary N) is 1. The van der Waals surface area contributed by atoms with E-state index in [-0.39, 0.29) is 11.9 Å². The summed E-state index contributed by atoms with van der Waals surface area (Å²) in [5.74, 6) is -0.0361. The van der Waals surface area contributed by atoms with Crippen LogP contribution in [0.1, 0.15) is 40.4 Å². The molecule has 1 fully saturated rings. The van der Waals surface area contributed by atoms with Crippen LogP contribution in [0.15, 0.2) is 54.6 Å². The van der Waals surface area contributed by atoms with Crippen molar-refractivity contribution in [1.82, 2.24) is 10.2 Å². The van der Waals surface area contributed by atoms with Crippen LogP contribution in [0.3, 0.4) is 0 Å². The predicted octanol–water partition coefficient (Wildman–Crippen LogP) is 3.40. The molecule has 1 aliphatic rings. The van der Waals surface area contributed by atoms with Crippen LogP contribution < -0.4 is 5.32 Å². The molecule has 25 heavy (non-hydrogen) atoms. The zero-order valence-electron chi connectivity index (χ0n) is 14.8. The average molecular weight is 338 g/mol. The maximum atomic E-state index is 12.8. The number of methoxy groups -OCH3 is 1. The Labute approximate surface area is 149 Å². The van der Waals surface area contributed by atoms with Crippen molar-refractivity contribution in [3.63, 3.8) is 0 Å². The number of ether oxygens (including phenoxy) is 1. The molecule has 0 aromatic heterocycles. The highest BCUT2D eigenvalue weighted by Crippen LogP contribution is 2.18. The summed E-state index contributed by atoms with van der Waals surface area (Å²) in [6.07, 6.45) is 2.49. The molecule has 2 aromatic carbocycles. The van der Waals surface area contributed by atoms with Gasteiger partial charge in [-0.3, -0.25) is 4.79 Å². The minimum Gasteiger partial charge on any atom is -0.380 e. The summed E-state index contributed by atoms with van der Waals surface area (Å²) in [7, 11) is 1.66. The molecule has 0 spiro atoms. The highest BCUT2D eigenvalue weighted by atomic mass is 16.5. The number of benzene rings is 2.